The minimum absolute atomic E-state index is 0.280. The molecule has 1 aromatic carbocycles. The number of thiophene rings is 1. The minimum Gasteiger partial charge on any atom is -0.339 e. The van der Waals surface area contributed by atoms with E-state index in [2.05, 4.69) is 61.2 Å². The molecule has 0 saturated heterocycles. The van der Waals surface area contributed by atoms with E-state index in [9.17, 15) is 0 Å². The Bertz CT molecular complexity index is 855. The largest absolute Gasteiger partial charge is 0.339 e. The number of benzene rings is 1. The lowest BCUT2D eigenvalue weighted by molar-refractivity contribution is 1.13. The molecule has 0 aliphatic carbocycles. The molecule has 3 rings (SSSR count). The lowest BCUT2D eigenvalue weighted by atomic mass is 10.1. The van der Waals surface area contributed by atoms with Crippen molar-refractivity contribution in [1.82, 2.24) is 9.97 Å². The van der Waals surface area contributed by atoms with Crippen LogP contribution in [0.1, 0.15) is 28.5 Å². The predicted octanol–water partition coefficient (Wildman–Crippen LogP) is 5.58. The maximum Gasteiger partial charge on any atom is 0.225 e. The zero-order valence-corrected chi connectivity index (χ0v) is 14.7. The van der Waals surface area contributed by atoms with Crippen LogP contribution in [0.5, 0.6) is 0 Å². The lowest BCUT2D eigenvalue weighted by Gasteiger charge is -2.14. The fourth-order valence-electron chi connectivity index (χ4n) is 2.63. The van der Waals surface area contributed by atoms with E-state index in [0.717, 1.165) is 28.1 Å². The van der Waals surface area contributed by atoms with E-state index in [1.165, 1.54) is 21.6 Å². The molecule has 3 nitrogen and oxygen atoms in total. The summed E-state index contributed by atoms with van der Waals surface area (Å²) in [6.07, 6.45) is 0.966. The van der Waals surface area contributed by atoms with Crippen molar-refractivity contribution < 1.29 is 0 Å². The van der Waals surface area contributed by atoms with Crippen LogP contribution in [-0.2, 0) is 6.42 Å². The summed E-state index contributed by atoms with van der Waals surface area (Å²) >= 11 is 7.77. The van der Waals surface area contributed by atoms with Crippen molar-refractivity contribution in [3.05, 3.63) is 45.1 Å². The number of nitrogens with one attached hydrogen (secondary N) is 1. The molecule has 0 unspecified atom stereocenters. The standard InChI is InChI=1S/C17H18ClN3S/c1-5-12-8-6-7-9(2)14(12)19-15-13-10(3)11(4)22-16(13)21-17(18)20-15/h6-8H,5H2,1-4H3,(H,19,20,21). The topological polar surface area (TPSA) is 37.8 Å². The van der Waals surface area contributed by atoms with E-state index in [0.29, 0.717) is 0 Å². The lowest BCUT2D eigenvalue weighted by Crippen LogP contribution is -2.01. The predicted molar refractivity (Wildman–Crippen MR) is 95.7 cm³/mol. The third-order valence-corrected chi connectivity index (χ3v) is 5.25. The second-order valence-corrected chi connectivity index (χ2v) is 6.93. The summed E-state index contributed by atoms with van der Waals surface area (Å²) in [5.74, 6) is 0.792. The smallest absolute Gasteiger partial charge is 0.225 e. The van der Waals surface area contributed by atoms with E-state index in [1.807, 2.05) is 0 Å². The van der Waals surface area contributed by atoms with Crippen LogP contribution in [0.15, 0.2) is 18.2 Å². The Morgan fingerprint density at radius 1 is 1.18 bits per heavy atom. The zero-order valence-electron chi connectivity index (χ0n) is 13.1. The highest BCUT2D eigenvalue weighted by Gasteiger charge is 2.15. The highest BCUT2D eigenvalue weighted by molar-refractivity contribution is 7.18. The SMILES string of the molecule is CCc1cccc(C)c1Nc1nc(Cl)nc2sc(C)c(C)c12. The van der Waals surface area contributed by atoms with Crippen LogP contribution < -0.4 is 5.32 Å². The van der Waals surface area contributed by atoms with Gasteiger partial charge in [-0.1, -0.05) is 25.1 Å². The highest BCUT2D eigenvalue weighted by Crippen LogP contribution is 2.36. The van der Waals surface area contributed by atoms with Crippen LogP contribution in [0.3, 0.4) is 0 Å². The van der Waals surface area contributed by atoms with E-state index < -0.39 is 0 Å². The Kier molecular flexibility index (Phi) is 4.06. The summed E-state index contributed by atoms with van der Waals surface area (Å²) in [7, 11) is 0. The number of hydrogen-bond acceptors (Lipinski definition) is 4. The van der Waals surface area contributed by atoms with Crippen LogP contribution in [-0.4, -0.2) is 9.97 Å². The molecule has 0 fully saturated rings. The fourth-order valence-corrected chi connectivity index (χ4v) is 3.88. The molecule has 0 atom stereocenters. The van der Waals surface area contributed by atoms with Gasteiger partial charge in [0.1, 0.15) is 10.6 Å². The summed E-state index contributed by atoms with van der Waals surface area (Å²) < 4.78 is 0. The molecule has 114 valence electrons. The number of anilines is 2. The maximum atomic E-state index is 6.11. The first-order chi connectivity index (χ1) is 10.5. The molecule has 0 radical (unpaired) electrons. The van der Waals surface area contributed by atoms with Crippen molar-refractivity contribution in [3.8, 4) is 0 Å². The van der Waals surface area contributed by atoms with Gasteiger partial charge in [0.05, 0.1) is 5.39 Å². The summed E-state index contributed by atoms with van der Waals surface area (Å²) in [5, 5.41) is 4.85. The maximum absolute atomic E-state index is 6.11. The van der Waals surface area contributed by atoms with Gasteiger partial charge in [0.15, 0.2) is 0 Å². The van der Waals surface area contributed by atoms with E-state index in [-0.39, 0.29) is 5.28 Å². The van der Waals surface area contributed by atoms with Gasteiger partial charge in [-0.3, -0.25) is 0 Å². The zero-order chi connectivity index (χ0) is 15.9. The molecule has 0 aliphatic rings. The second-order valence-electron chi connectivity index (χ2n) is 5.39. The summed E-state index contributed by atoms with van der Waals surface area (Å²) in [4.78, 5) is 11.0. The van der Waals surface area contributed by atoms with Gasteiger partial charge in [-0.2, -0.15) is 4.98 Å². The van der Waals surface area contributed by atoms with Gasteiger partial charge in [-0.25, -0.2) is 4.98 Å². The van der Waals surface area contributed by atoms with E-state index in [1.54, 1.807) is 11.3 Å². The summed E-state index contributed by atoms with van der Waals surface area (Å²) in [5.41, 5.74) is 4.80. The van der Waals surface area contributed by atoms with Crippen molar-refractivity contribution in [2.75, 3.05) is 5.32 Å². The highest BCUT2D eigenvalue weighted by atomic mass is 35.5. The molecule has 0 aliphatic heterocycles. The molecule has 22 heavy (non-hydrogen) atoms. The Morgan fingerprint density at radius 2 is 1.95 bits per heavy atom. The summed E-state index contributed by atoms with van der Waals surface area (Å²) in [6.45, 7) is 8.47. The Balaban J connectivity index is 2.20. The molecule has 3 aromatic rings. The second kappa shape index (κ2) is 5.86. The molecular formula is C17H18ClN3S. The number of fused-ring (bicyclic) bond motifs is 1. The Morgan fingerprint density at radius 3 is 2.68 bits per heavy atom. The molecule has 0 saturated carbocycles. The third kappa shape index (κ3) is 2.57. The van der Waals surface area contributed by atoms with Crippen LogP contribution >= 0.6 is 22.9 Å². The van der Waals surface area contributed by atoms with Crippen molar-refractivity contribution in [1.29, 1.82) is 0 Å². The molecule has 0 amide bonds. The average Bonchev–Trinajstić information content (AvgIpc) is 2.75. The summed E-state index contributed by atoms with van der Waals surface area (Å²) in [6, 6.07) is 6.33. The molecule has 0 bridgehead atoms. The van der Waals surface area contributed by atoms with Gasteiger partial charge >= 0.3 is 0 Å². The normalized spacial score (nSPS) is 11.1. The molecule has 1 N–H and O–H groups in total. The molecule has 0 spiro atoms. The van der Waals surface area contributed by atoms with Crippen LogP contribution in [0, 0.1) is 20.8 Å². The molecule has 5 heteroatoms. The van der Waals surface area contributed by atoms with Crippen LogP contribution in [0.2, 0.25) is 5.28 Å². The molecular weight excluding hydrogens is 314 g/mol. The molecule has 2 heterocycles. The van der Waals surface area contributed by atoms with Gasteiger partial charge < -0.3 is 5.32 Å². The number of rotatable bonds is 3. The number of hydrogen-bond donors (Lipinski definition) is 1. The monoisotopic (exact) mass is 331 g/mol. The number of aromatic nitrogens is 2. The Hall–Kier alpha value is -1.65. The van der Waals surface area contributed by atoms with E-state index >= 15 is 0 Å². The quantitative estimate of drug-likeness (QED) is 0.637. The van der Waals surface area contributed by atoms with Gasteiger partial charge in [-0.15, -0.1) is 11.3 Å². The van der Waals surface area contributed by atoms with Crippen molar-refractivity contribution >= 4 is 44.7 Å². The van der Waals surface area contributed by atoms with E-state index in [4.69, 9.17) is 11.6 Å². The van der Waals surface area contributed by atoms with Gasteiger partial charge in [-0.05, 0) is 55.5 Å². The van der Waals surface area contributed by atoms with Gasteiger partial charge in [0.25, 0.3) is 0 Å². The first-order valence-corrected chi connectivity index (χ1v) is 8.49. The first-order valence-electron chi connectivity index (χ1n) is 7.30. The average molecular weight is 332 g/mol. The number of para-hydroxylation sites is 1. The first kappa shape index (κ1) is 15.3. The van der Waals surface area contributed by atoms with Gasteiger partial charge in [0.2, 0.25) is 5.28 Å². The van der Waals surface area contributed by atoms with Crippen molar-refractivity contribution in [3.63, 3.8) is 0 Å². The van der Waals surface area contributed by atoms with Gasteiger partial charge in [0, 0.05) is 10.6 Å². The Labute approximate surface area is 139 Å². The minimum atomic E-state index is 0.280. The van der Waals surface area contributed by atoms with Crippen molar-refractivity contribution in [2.24, 2.45) is 0 Å². The number of aryl methyl sites for hydroxylation is 4. The third-order valence-electron chi connectivity index (χ3n) is 3.98. The molecule has 2 aromatic heterocycles. The van der Waals surface area contributed by atoms with Crippen LogP contribution in [0.4, 0.5) is 11.5 Å². The van der Waals surface area contributed by atoms with Crippen LogP contribution in [0.25, 0.3) is 10.2 Å². The number of nitrogens with zero attached hydrogens (tertiary/aromatic N) is 2. The number of halogens is 1. The fraction of sp³-hybridized carbons (Fsp3) is 0.294. The van der Waals surface area contributed by atoms with Crippen molar-refractivity contribution in [2.45, 2.75) is 34.1 Å².